The van der Waals surface area contributed by atoms with Gasteiger partial charge in [0.2, 0.25) is 0 Å². The van der Waals surface area contributed by atoms with Crippen LogP contribution in [0.25, 0.3) is 0 Å². The second kappa shape index (κ2) is 4.37. The minimum atomic E-state index is -0.568. The summed E-state index contributed by atoms with van der Waals surface area (Å²) in [6.45, 7) is 2.16. The van der Waals surface area contributed by atoms with E-state index in [1.807, 2.05) is 0 Å². The van der Waals surface area contributed by atoms with Crippen LogP contribution in [0.2, 0.25) is 0 Å². The quantitative estimate of drug-likeness (QED) is 0.767. The molecule has 0 fully saturated rings. The third kappa shape index (κ3) is 2.06. The number of hydrogen-bond donors (Lipinski definition) is 0. The molecule has 0 N–H and O–H groups in total. The van der Waals surface area contributed by atoms with Crippen LogP contribution in [0.5, 0.6) is 5.75 Å². The van der Waals surface area contributed by atoms with Crippen LogP contribution in [0.15, 0.2) is 16.6 Å². The van der Waals surface area contributed by atoms with Crippen molar-refractivity contribution in [2.75, 3.05) is 6.61 Å². The van der Waals surface area contributed by atoms with E-state index in [4.69, 9.17) is 4.74 Å². The predicted octanol–water partition coefficient (Wildman–Crippen LogP) is 2.80. The summed E-state index contributed by atoms with van der Waals surface area (Å²) in [5, 5.41) is 0. The fourth-order valence-corrected chi connectivity index (χ4v) is 1.41. The Morgan fingerprint density at radius 2 is 2.31 bits per heavy atom. The first-order chi connectivity index (χ1) is 6.20. The Balaban J connectivity index is 3.25. The van der Waals surface area contributed by atoms with Gasteiger partial charge in [0.1, 0.15) is 11.6 Å². The first-order valence-electron chi connectivity index (χ1n) is 3.76. The lowest BCUT2D eigenvalue weighted by molar-refractivity contribution is 0.111. The molecule has 0 bridgehead atoms. The van der Waals surface area contributed by atoms with E-state index in [-0.39, 0.29) is 11.3 Å². The molecule has 70 valence electrons. The monoisotopic (exact) mass is 246 g/mol. The molecule has 0 unspecified atom stereocenters. The van der Waals surface area contributed by atoms with Gasteiger partial charge in [-0.15, -0.1) is 0 Å². The summed E-state index contributed by atoms with van der Waals surface area (Å²) in [7, 11) is 0. The van der Waals surface area contributed by atoms with Gasteiger partial charge in [-0.05, 0) is 35.0 Å². The van der Waals surface area contributed by atoms with Crippen LogP contribution in [0, 0.1) is 5.82 Å². The second-order valence-electron chi connectivity index (χ2n) is 2.32. The average Bonchev–Trinajstić information content (AvgIpc) is 2.12. The SMILES string of the molecule is CCOc1c(Br)ccc(F)c1C=O. The summed E-state index contributed by atoms with van der Waals surface area (Å²) in [5.74, 6) is -0.306. The number of carbonyl (C=O) groups is 1. The van der Waals surface area contributed by atoms with Gasteiger partial charge in [0.05, 0.1) is 16.6 Å². The Bertz CT molecular complexity index is 326. The molecule has 0 aliphatic heterocycles. The van der Waals surface area contributed by atoms with Gasteiger partial charge >= 0.3 is 0 Å². The molecule has 0 aromatic heterocycles. The molecule has 1 aromatic rings. The third-order valence-corrected chi connectivity index (χ3v) is 2.13. The van der Waals surface area contributed by atoms with Crippen molar-refractivity contribution in [3.8, 4) is 5.75 Å². The first-order valence-corrected chi connectivity index (χ1v) is 4.56. The maximum Gasteiger partial charge on any atom is 0.156 e. The van der Waals surface area contributed by atoms with Crippen molar-refractivity contribution in [3.05, 3.63) is 28.0 Å². The van der Waals surface area contributed by atoms with Gasteiger partial charge < -0.3 is 4.74 Å². The summed E-state index contributed by atoms with van der Waals surface area (Å²) in [6, 6.07) is 2.73. The Morgan fingerprint density at radius 3 is 2.85 bits per heavy atom. The first kappa shape index (κ1) is 10.2. The Hall–Kier alpha value is -0.900. The molecule has 0 saturated heterocycles. The van der Waals surface area contributed by atoms with Crippen LogP contribution in [-0.4, -0.2) is 12.9 Å². The van der Waals surface area contributed by atoms with E-state index in [1.165, 1.54) is 12.1 Å². The van der Waals surface area contributed by atoms with Gasteiger partial charge in [0.15, 0.2) is 6.29 Å². The molecule has 0 radical (unpaired) electrons. The molecule has 0 aliphatic carbocycles. The summed E-state index contributed by atoms with van der Waals surface area (Å²) in [4.78, 5) is 10.5. The number of benzene rings is 1. The molecule has 0 heterocycles. The molecule has 0 amide bonds. The normalized spacial score (nSPS) is 9.77. The van der Waals surface area contributed by atoms with Crippen LogP contribution < -0.4 is 4.74 Å². The lowest BCUT2D eigenvalue weighted by Crippen LogP contribution is -1.99. The molecule has 0 atom stereocenters. The van der Waals surface area contributed by atoms with Crippen molar-refractivity contribution in [2.24, 2.45) is 0 Å². The maximum atomic E-state index is 13.0. The molecular weight excluding hydrogens is 239 g/mol. The van der Waals surface area contributed by atoms with Gasteiger partial charge in [-0.1, -0.05) is 0 Å². The number of ether oxygens (including phenoxy) is 1. The van der Waals surface area contributed by atoms with Crippen molar-refractivity contribution in [1.29, 1.82) is 0 Å². The van der Waals surface area contributed by atoms with Gasteiger partial charge in [-0.3, -0.25) is 4.79 Å². The van der Waals surface area contributed by atoms with Crippen LogP contribution in [0.1, 0.15) is 17.3 Å². The van der Waals surface area contributed by atoms with Crippen molar-refractivity contribution in [1.82, 2.24) is 0 Å². The molecule has 0 saturated carbocycles. The smallest absolute Gasteiger partial charge is 0.156 e. The molecule has 2 nitrogen and oxygen atoms in total. The molecule has 13 heavy (non-hydrogen) atoms. The van der Waals surface area contributed by atoms with Gasteiger partial charge in [-0.2, -0.15) is 0 Å². The van der Waals surface area contributed by atoms with E-state index >= 15 is 0 Å². The highest BCUT2D eigenvalue weighted by Gasteiger charge is 2.12. The van der Waals surface area contributed by atoms with Crippen LogP contribution in [0.4, 0.5) is 4.39 Å². The maximum absolute atomic E-state index is 13.0. The molecule has 1 rings (SSSR count). The van der Waals surface area contributed by atoms with Crippen molar-refractivity contribution >= 4 is 22.2 Å². The molecule has 4 heteroatoms. The van der Waals surface area contributed by atoms with Crippen molar-refractivity contribution < 1.29 is 13.9 Å². The fourth-order valence-electron chi connectivity index (χ4n) is 0.950. The van der Waals surface area contributed by atoms with Gasteiger partial charge in [-0.25, -0.2) is 4.39 Å². The van der Waals surface area contributed by atoms with E-state index in [2.05, 4.69) is 15.9 Å². The predicted molar refractivity (Wildman–Crippen MR) is 50.7 cm³/mol. The number of carbonyl (C=O) groups excluding carboxylic acids is 1. The van der Waals surface area contributed by atoms with Crippen molar-refractivity contribution in [2.45, 2.75) is 6.92 Å². The zero-order valence-corrected chi connectivity index (χ0v) is 8.60. The minimum Gasteiger partial charge on any atom is -0.492 e. The third-order valence-electron chi connectivity index (χ3n) is 1.50. The molecule has 0 spiro atoms. The number of halogens is 2. The highest BCUT2D eigenvalue weighted by molar-refractivity contribution is 9.10. The molecular formula is C9H8BrFO2. The summed E-state index contributed by atoms with van der Waals surface area (Å²) in [6.07, 6.45) is 0.449. The van der Waals surface area contributed by atoms with Gasteiger partial charge in [0, 0.05) is 0 Å². The Kier molecular flexibility index (Phi) is 3.42. The largest absolute Gasteiger partial charge is 0.492 e. The zero-order valence-electron chi connectivity index (χ0n) is 7.01. The standard InChI is InChI=1S/C9H8BrFO2/c1-2-13-9-6(5-12)8(11)4-3-7(9)10/h3-5H,2H2,1H3. The number of rotatable bonds is 3. The van der Waals surface area contributed by atoms with E-state index < -0.39 is 5.82 Å². The molecule has 0 aliphatic rings. The van der Waals surface area contributed by atoms with E-state index in [1.54, 1.807) is 6.92 Å². The average molecular weight is 247 g/mol. The lowest BCUT2D eigenvalue weighted by Gasteiger charge is -2.08. The fraction of sp³-hybridized carbons (Fsp3) is 0.222. The van der Waals surface area contributed by atoms with Gasteiger partial charge in [0.25, 0.3) is 0 Å². The highest BCUT2D eigenvalue weighted by Crippen LogP contribution is 2.29. The van der Waals surface area contributed by atoms with E-state index in [0.717, 1.165) is 0 Å². The Labute approximate surface area is 83.8 Å². The van der Waals surface area contributed by atoms with Crippen LogP contribution in [-0.2, 0) is 0 Å². The summed E-state index contributed by atoms with van der Waals surface area (Å²) < 4.78 is 18.7. The number of hydrogen-bond acceptors (Lipinski definition) is 2. The van der Waals surface area contributed by atoms with Crippen LogP contribution >= 0.6 is 15.9 Å². The summed E-state index contributed by atoms with van der Waals surface area (Å²) >= 11 is 3.17. The lowest BCUT2D eigenvalue weighted by atomic mass is 10.2. The topological polar surface area (TPSA) is 26.3 Å². The van der Waals surface area contributed by atoms with Crippen molar-refractivity contribution in [3.63, 3.8) is 0 Å². The van der Waals surface area contributed by atoms with Crippen LogP contribution in [0.3, 0.4) is 0 Å². The summed E-state index contributed by atoms with van der Waals surface area (Å²) in [5.41, 5.74) is -0.0452. The van der Waals surface area contributed by atoms with E-state index in [0.29, 0.717) is 17.4 Å². The molecule has 1 aromatic carbocycles. The Morgan fingerprint density at radius 1 is 1.62 bits per heavy atom. The zero-order chi connectivity index (χ0) is 9.84. The highest BCUT2D eigenvalue weighted by atomic mass is 79.9. The number of aldehydes is 1. The van der Waals surface area contributed by atoms with E-state index in [9.17, 15) is 9.18 Å². The second-order valence-corrected chi connectivity index (χ2v) is 3.18. The minimum absolute atomic E-state index is 0.0452.